The van der Waals surface area contributed by atoms with Gasteiger partial charge in [0, 0.05) is 25.7 Å². The summed E-state index contributed by atoms with van der Waals surface area (Å²) in [6.07, 6.45) is 1.02. The minimum Gasteiger partial charge on any atom is -0.349 e. The molecule has 1 aliphatic heterocycles. The molecule has 104 valence electrons. The monoisotopic (exact) mass is 280 g/mol. The van der Waals surface area contributed by atoms with Crippen LogP contribution in [0, 0.1) is 5.92 Å². The van der Waals surface area contributed by atoms with Gasteiger partial charge < -0.3 is 9.80 Å². The van der Waals surface area contributed by atoms with Gasteiger partial charge in [-0.25, -0.2) is 0 Å². The van der Waals surface area contributed by atoms with Crippen LogP contribution in [0.4, 0.5) is 0 Å². The van der Waals surface area contributed by atoms with E-state index in [1.807, 2.05) is 38.4 Å². The highest BCUT2D eigenvalue weighted by atomic mass is 35.5. The molecule has 1 saturated heterocycles. The van der Waals surface area contributed by atoms with E-state index in [4.69, 9.17) is 11.6 Å². The number of hydrogen-bond donors (Lipinski definition) is 0. The highest BCUT2D eigenvalue weighted by molar-refractivity contribution is 6.30. The second-order valence-electron chi connectivity index (χ2n) is 5.55. The molecule has 0 N–H and O–H groups in total. The third-order valence-corrected chi connectivity index (χ3v) is 4.12. The summed E-state index contributed by atoms with van der Waals surface area (Å²) in [5, 5.41) is 0.743. The highest BCUT2D eigenvalue weighted by Crippen LogP contribution is 2.34. The van der Waals surface area contributed by atoms with Crippen LogP contribution in [-0.4, -0.2) is 49.9 Å². The second kappa shape index (κ2) is 5.93. The van der Waals surface area contributed by atoms with Gasteiger partial charge in [0.15, 0.2) is 0 Å². The minimum atomic E-state index is 0.0370. The zero-order valence-corrected chi connectivity index (χ0v) is 12.5. The lowest BCUT2D eigenvalue weighted by Gasteiger charge is -2.37. The third kappa shape index (κ3) is 3.28. The summed E-state index contributed by atoms with van der Waals surface area (Å²) >= 11 is 5.94. The molecule has 2 atom stereocenters. The number of rotatable bonds is 2. The summed E-state index contributed by atoms with van der Waals surface area (Å²) < 4.78 is 0. The van der Waals surface area contributed by atoms with E-state index in [-0.39, 0.29) is 11.8 Å². The Hall–Kier alpha value is -1.06. The number of carbonyl (C=O) groups excluding carboxylic acids is 1. The molecular weight excluding hydrogens is 260 g/mol. The SMILES string of the molecule is CN1CC[C@H](c2ccc(Cl)cc2)C(C(=O)N(C)C)C1. The molecule has 1 unspecified atom stereocenters. The van der Waals surface area contributed by atoms with Gasteiger partial charge in [-0.15, -0.1) is 0 Å². The molecule has 0 aromatic heterocycles. The third-order valence-electron chi connectivity index (χ3n) is 3.87. The second-order valence-corrected chi connectivity index (χ2v) is 5.98. The van der Waals surface area contributed by atoms with Crippen LogP contribution in [0.15, 0.2) is 24.3 Å². The maximum Gasteiger partial charge on any atom is 0.227 e. The molecule has 2 rings (SSSR count). The van der Waals surface area contributed by atoms with Gasteiger partial charge in [-0.2, -0.15) is 0 Å². The lowest BCUT2D eigenvalue weighted by molar-refractivity contribution is -0.135. The van der Waals surface area contributed by atoms with E-state index in [0.717, 1.165) is 24.5 Å². The standard InChI is InChI=1S/C15H21ClN2O/c1-17(2)15(19)14-10-18(3)9-8-13(14)11-4-6-12(16)7-5-11/h4-7,13-14H,8-10H2,1-3H3/t13-,14?/m1/s1. The summed E-state index contributed by atoms with van der Waals surface area (Å²) in [6, 6.07) is 7.92. The van der Waals surface area contributed by atoms with Crippen molar-refractivity contribution in [3.8, 4) is 0 Å². The van der Waals surface area contributed by atoms with Crippen LogP contribution in [0.1, 0.15) is 17.9 Å². The van der Waals surface area contributed by atoms with Crippen LogP contribution in [0.3, 0.4) is 0 Å². The molecule has 0 saturated carbocycles. The zero-order chi connectivity index (χ0) is 14.0. The molecule has 19 heavy (non-hydrogen) atoms. The molecule has 1 heterocycles. The predicted molar refractivity (Wildman–Crippen MR) is 78.5 cm³/mol. The Kier molecular flexibility index (Phi) is 4.48. The molecule has 1 aliphatic rings. The van der Waals surface area contributed by atoms with Gasteiger partial charge in [-0.3, -0.25) is 4.79 Å². The number of piperidine rings is 1. The average Bonchev–Trinajstić information content (AvgIpc) is 2.39. The fraction of sp³-hybridized carbons (Fsp3) is 0.533. The molecule has 0 bridgehead atoms. The van der Waals surface area contributed by atoms with Crippen molar-refractivity contribution in [2.24, 2.45) is 5.92 Å². The first kappa shape index (κ1) is 14.4. The Morgan fingerprint density at radius 2 is 1.95 bits per heavy atom. The fourth-order valence-electron chi connectivity index (χ4n) is 2.81. The van der Waals surface area contributed by atoms with Crippen molar-refractivity contribution in [3.05, 3.63) is 34.9 Å². The van der Waals surface area contributed by atoms with E-state index in [2.05, 4.69) is 11.9 Å². The fourth-order valence-corrected chi connectivity index (χ4v) is 2.93. The van der Waals surface area contributed by atoms with Crippen molar-refractivity contribution in [3.63, 3.8) is 0 Å². The van der Waals surface area contributed by atoms with Gasteiger partial charge >= 0.3 is 0 Å². The molecule has 4 heteroatoms. The summed E-state index contributed by atoms with van der Waals surface area (Å²) in [4.78, 5) is 16.3. The van der Waals surface area contributed by atoms with Crippen molar-refractivity contribution in [1.29, 1.82) is 0 Å². The number of nitrogens with zero attached hydrogens (tertiary/aromatic N) is 2. The molecule has 1 aromatic carbocycles. The molecule has 0 radical (unpaired) electrons. The summed E-state index contributed by atoms with van der Waals surface area (Å²) in [5.74, 6) is 0.546. The molecule has 1 aromatic rings. The molecule has 0 spiro atoms. The first-order valence-corrected chi connectivity index (χ1v) is 7.02. The van der Waals surface area contributed by atoms with Gasteiger partial charge in [-0.05, 0) is 43.6 Å². The lowest BCUT2D eigenvalue weighted by atomic mass is 9.80. The van der Waals surface area contributed by atoms with E-state index in [0.29, 0.717) is 5.92 Å². The van der Waals surface area contributed by atoms with Crippen LogP contribution < -0.4 is 0 Å². The first-order valence-electron chi connectivity index (χ1n) is 6.64. The Labute approximate surface area is 120 Å². The van der Waals surface area contributed by atoms with Crippen LogP contribution in [-0.2, 0) is 4.79 Å². The topological polar surface area (TPSA) is 23.6 Å². The maximum absolute atomic E-state index is 12.4. The van der Waals surface area contributed by atoms with Crippen LogP contribution in [0.2, 0.25) is 5.02 Å². The molecular formula is C15H21ClN2O. The summed E-state index contributed by atoms with van der Waals surface area (Å²) in [6.45, 7) is 1.86. The summed E-state index contributed by atoms with van der Waals surface area (Å²) in [5.41, 5.74) is 1.22. The van der Waals surface area contributed by atoms with E-state index in [9.17, 15) is 4.79 Å². The first-order chi connectivity index (χ1) is 8.99. The number of likely N-dealkylation sites (tertiary alicyclic amines) is 1. The van der Waals surface area contributed by atoms with E-state index >= 15 is 0 Å². The van der Waals surface area contributed by atoms with Crippen molar-refractivity contribution in [2.75, 3.05) is 34.2 Å². The zero-order valence-electron chi connectivity index (χ0n) is 11.8. The van der Waals surface area contributed by atoms with Gasteiger partial charge in [0.1, 0.15) is 0 Å². The Morgan fingerprint density at radius 3 is 2.53 bits per heavy atom. The molecule has 1 amide bonds. The largest absolute Gasteiger partial charge is 0.349 e. The number of carbonyl (C=O) groups is 1. The van der Waals surface area contributed by atoms with Crippen molar-refractivity contribution in [1.82, 2.24) is 9.80 Å². The Bertz CT molecular complexity index is 444. The average molecular weight is 281 g/mol. The number of halogens is 1. The quantitative estimate of drug-likeness (QED) is 0.831. The Morgan fingerprint density at radius 1 is 1.32 bits per heavy atom. The van der Waals surface area contributed by atoms with E-state index in [1.165, 1.54) is 5.56 Å². The van der Waals surface area contributed by atoms with Crippen LogP contribution in [0.25, 0.3) is 0 Å². The van der Waals surface area contributed by atoms with Gasteiger partial charge in [0.25, 0.3) is 0 Å². The normalized spacial score (nSPS) is 24.2. The molecule has 1 fully saturated rings. The van der Waals surface area contributed by atoms with Crippen LogP contribution >= 0.6 is 11.6 Å². The van der Waals surface area contributed by atoms with E-state index in [1.54, 1.807) is 4.90 Å². The van der Waals surface area contributed by atoms with Crippen LogP contribution in [0.5, 0.6) is 0 Å². The van der Waals surface area contributed by atoms with Gasteiger partial charge in [-0.1, -0.05) is 23.7 Å². The predicted octanol–water partition coefficient (Wildman–Crippen LogP) is 2.46. The smallest absolute Gasteiger partial charge is 0.227 e. The number of amides is 1. The van der Waals surface area contributed by atoms with E-state index < -0.39 is 0 Å². The number of hydrogen-bond acceptors (Lipinski definition) is 2. The van der Waals surface area contributed by atoms with Crippen molar-refractivity contribution < 1.29 is 4.79 Å². The van der Waals surface area contributed by atoms with Crippen molar-refractivity contribution in [2.45, 2.75) is 12.3 Å². The van der Waals surface area contributed by atoms with Gasteiger partial charge in [0.05, 0.1) is 5.92 Å². The molecule has 3 nitrogen and oxygen atoms in total. The minimum absolute atomic E-state index is 0.0370. The lowest BCUT2D eigenvalue weighted by Crippen LogP contribution is -2.44. The van der Waals surface area contributed by atoms with Gasteiger partial charge in [0.2, 0.25) is 5.91 Å². The molecule has 0 aliphatic carbocycles. The number of benzene rings is 1. The van der Waals surface area contributed by atoms with Crippen molar-refractivity contribution >= 4 is 17.5 Å². The maximum atomic E-state index is 12.4. The Balaban J connectivity index is 2.25. The summed E-state index contributed by atoms with van der Waals surface area (Å²) in [7, 11) is 5.74. The highest BCUT2D eigenvalue weighted by Gasteiger charge is 2.34.